The maximum atomic E-state index is 8.76. The van der Waals surface area contributed by atoms with E-state index in [1.807, 2.05) is 19.1 Å². The Hall–Kier alpha value is -0.380. The Morgan fingerprint density at radius 1 is 1.73 bits per heavy atom. The van der Waals surface area contributed by atoms with Crippen LogP contribution in [0.25, 0.3) is 0 Å². The molecular weight excluding hydrogens is 144 g/mol. The van der Waals surface area contributed by atoms with Crippen molar-refractivity contribution in [2.75, 3.05) is 13.2 Å². The van der Waals surface area contributed by atoms with Crippen molar-refractivity contribution in [3.63, 3.8) is 0 Å². The van der Waals surface area contributed by atoms with Crippen LogP contribution in [0.15, 0.2) is 12.2 Å². The van der Waals surface area contributed by atoms with Crippen LogP contribution < -0.4 is 0 Å². The van der Waals surface area contributed by atoms with Gasteiger partial charge in [0.2, 0.25) is 0 Å². The summed E-state index contributed by atoms with van der Waals surface area (Å²) in [6.45, 7) is 2.61. The average Bonchev–Trinajstić information content (AvgIpc) is 2.06. The zero-order valence-corrected chi connectivity index (χ0v) is 6.69. The summed E-state index contributed by atoms with van der Waals surface area (Å²) in [5.41, 5.74) is 0. The lowest BCUT2D eigenvalue weighted by atomic mass is 10.2. The van der Waals surface area contributed by atoms with E-state index < -0.39 is 0 Å². The van der Waals surface area contributed by atoms with Crippen molar-refractivity contribution in [1.29, 1.82) is 0 Å². The van der Waals surface area contributed by atoms with Gasteiger partial charge in [0.25, 0.3) is 0 Å². The van der Waals surface area contributed by atoms with Gasteiger partial charge < -0.3 is 14.6 Å². The van der Waals surface area contributed by atoms with Crippen molar-refractivity contribution >= 4 is 0 Å². The molecule has 64 valence electrons. The van der Waals surface area contributed by atoms with E-state index in [1.165, 1.54) is 0 Å². The molecule has 0 spiro atoms. The zero-order chi connectivity index (χ0) is 8.10. The van der Waals surface area contributed by atoms with E-state index in [2.05, 4.69) is 0 Å². The Bertz CT molecular complexity index is 133. The molecule has 1 aliphatic rings. The van der Waals surface area contributed by atoms with Crippen LogP contribution in [0, 0.1) is 0 Å². The smallest absolute Gasteiger partial charge is 0.177 e. The van der Waals surface area contributed by atoms with Crippen molar-refractivity contribution in [2.45, 2.75) is 25.7 Å². The maximum absolute atomic E-state index is 8.76. The number of rotatable bonds is 3. The van der Waals surface area contributed by atoms with E-state index in [4.69, 9.17) is 14.6 Å². The molecule has 0 aromatic carbocycles. The highest BCUT2D eigenvalue weighted by atomic mass is 16.7. The Morgan fingerprint density at radius 2 is 2.55 bits per heavy atom. The maximum Gasteiger partial charge on any atom is 0.177 e. The highest BCUT2D eigenvalue weighted by molar-refractivity contribution is 4.92. The van der Waals surface area contributed by atoms with Gasteiger partial charge in [0.05, 0.1) is 12.7 Å². The molecule has 0 amide bonds. The second-order valence-corrected chi connectivity index (χ2v) is 2.43. The summed E-state index contributed by atoms with van der Waals surface area (Å²) in [7, 11) is 0. The van der Waals surface area contributed by atoms with Gasteiger partial charge in [0, 0.05) is 6.61 Å². The lowest BCUT2D eigenvalue weighted by Gasteiger charge is -2.23. The molecule has 1 heterocycles. The van der Waals surface area contributed by atoms with E-state index in [0.29, 0.717) is 6.61 Å². The Labute approximate surface area is 66.6 Å². The second kappa shape index (κ2) is 4.49. The van der Waals surface area contributed by atoms with Crippen LogP contribution in [-0.2, 0) is 9.47 Å². The quantitative estimate of drug-likeness (QED) is 0.614. The predicted molar refractivity (Wildman–Crippen MR) is 41.1 cm³/mol. The first-order valence-electron chi connectivity index (χ1n) is 3.91. The molecule has 3 nitrogen and oxygen atoms in total. The van der Waals surface area contributed by atoms with Gasteiger partial charge in [-0.25, -0.2) is 0 Å². The standard InChI is InChI=1S/C8H14O3/c1-2-10-8-5-3-4-7(6-9)11-8/h3,5,7-9H,2,4,6H2,1H3. The molecule has 0 fully saturated rings. The summed E-state index contributed by atoms with van der Waals surface area (Å²) in [6.07, 6.45) is 4.28. The van der Waals surface area contributed by atoms with E-state index in [1.54, 1.807) is 0 Å². The molecule has 11 heavy (non-hydrogen) atoms. The summed E-state index contributed by atoms with van der Waals surface area (Å²) >= 11 is 0. The van der Waals surface area contributed by atoms with Gasteiger partial charge in [0.15, 0.2) is 6.29 Å². The van der Waals surface area contributed by atoms with Gasteiger partial charge in [-0.2, -0.15) is 0 Å². The predicted octanol–water partition coefficient (Wildman–Crippen LogP) is 0.686. The average molecular weight is 158 g/mol. The van der Waals surface area contributed by atoms with Crippen LogP contribution in [0.4, 0.5) is 0 Å². The van der Waals surface area contributed by atoms with Gasteiger partial charge in [-0.05, 0) is 19.4 Å². The van der Waals surface area contributed by atoms with Crippen molar-refractivity contribution in [1.82, 2.24) is 0 Å². The lowest BCUT2D eigenvalue weighted by molar-refractivity contribution is -0.154. The first-order valence-corrected chi connectivity index (χ1v) is 3.91. The third-order valence-electron chi connectivity index (χ3n) is 1.55. The highest BCUT2D eigenvalue weighted by Gasteiger charge is 2.16. The minimum atomic E-state index is -0.258. The van der Waals surface area contributed by atoms with Crippen LogP contribution in [-0.4, -0.2) is 30.7 Å². The van der Waals surface area contributed by atoms with Crippen molar-refractivity contribution < 1.29 is 14.6 Å². The van der Waals surface area contributed by atoms with Crippen LogP contribution in [0.1, 0.15) is 13.3 Å². The Kier molecular flexibility index (Phi) is 3.56. The summed E-state index contributed by atoms with van der Waals surface area (Å²) in [5, 5.41) is 8.76. The summed E-state index contributed by atoms with van der Waals surface area (Å²) in [4.78, 5) is 0. The number of aliphatic hydroxyl groups is 1. The molecule has 0 saturated heterocycles. The number of hydrogen-bond donors (Lipinski definition) is 1. The first-order chi connectivity index (χ1) is 5.36. The minimum Gasteiger partial charge on any atom is -0.394 e. The molecule has 0 saturated carbocycles. The topological polar surface area (TPSA) is 38.7 Å². The van der Waals surface area contributed by atoms with Crippen molar-refractivity contribution in [3.05, 3.63) is 12.2 Å². The molecule has 1 aliphatic heterocycles. The van der Waals surface area contributed by atoms with Crippen molar-refractivity contribution in [3.8, 4) is 0 Å². The first kappa shape index (κ1) is 8.71. The fourth-order valence-electron chi connectivity index (χ4n) is 1.01. The summed E-state index contributed by atoms with van der Waals surface area (Å²) in [6, 6.07) is 0. The Balaban J connectivity index is 2.33. The molecule has 0 aromatic heterocycles. The summed E-state index contributed by atoms with van der Waals surface area (Å²) < 4.78 is 10.5. The van der Waals surface area contributed by atoms with Gasteiger partial charge in [-0.15, -0.1) is 0 Å². The van der Waals surface area contributed by atoms with Gasteiger partial charge in [-0.1, -0.05) is 6.08 Å². The van der Waals surface area contributed by atoms with Gasteiger partial charge >= 0.3 is 0 Å². The summed E-state index contributed by atoms with van der Waals surface area (Å²) in [5.74, 6) is 0. The fourth-order valence-corrected chi connectivity index (χ4v) is 1.01. The van der Waals surface area contributed by atoms with E-state index in [9.17, 15) is 0 Å². The monoisotopic (exact) mass is 158 g/mol. The van der Waals surface area contributed by atoms with Crippen LogP contribution >= 0.6 is 0 Å². The molecule has 1 rings (SSSR count). The van der Waals surface area contributed by atoms with Gasteiger partial charge in [0.1, 0.15) is 0 Å². The third-order valence-corrected chi connectivity index (χ3v) is 1.55. The molecule has 0 aliphatic carbocycles. The van der Waals surface area contributed by atoms with E-state index >= 15 is 0 Å². The number of hydrogen-bond acceptors (Lipinski definition) is 3. The molecular formula is C8H14O3. The lowest BCUT2D eigenvalue weighted by Crippen LogP contribution is -2.28. The number of ether oxygens (including phenoxy) is 2. The van der Waals surface area contributed by atoms with Crippen LogP contribution in [0.3, 0.4) is 0 Å². The highest BCUT2D eigenvalue weighted by Crippen LogP contribution is 2.12. The third kappa shape index (κ3) is 2.61. The normalized spacial score (nSPS) is 30.7. The molecule has 1 N–H and O–H groups in total. The van der Waals surface area contributed by atoms with E-state index in [-0.39, 0.29) is 19.0 Å². The van der Waals surface area contributed by atoms with Crippen molar-refractivity contribution in [2.24, 2.45) is 0 Å². The molecule has 2 atom stereocenters. The van der Waals surface area contributed by atoms with Crippen LogP contribution in [0.5, 0.6) is 0 Å². The molecule has 0 aromatic rings. The second-order valence-electron chi connectivity index (χ2n) is 2.43. The molecule has 0 radical (unpaired) electrons. The van der Waals surface area contributed by atoms with Crippen LogP contribution in [0.2, 0.25) is 0 Å². The Morgan fingerprint density at radius 3 is 3.18 bits per heavy atom. The SMILES string of the molecule is CCOC1C=CCC(CO)O1. The van der Waals surface area contributed by atoms with E-state index in [0.717, 1.165) is 6.42 Å². The minimum absolute atomic E-state index is 0.0634. The molecule has 3 heteroatoms. The molecule has 2 unspecified atom stereocenters. The zero-order valence-electron chi connectivity index (χ0n) is 6.69. The number of aliphatic hydroxyl groups excluding tert-OH is 1. The largest absolute Gasteiger partial charge is 0.394 e. The fraction of sp³-hybridized carbons (Fsp3) is 0.750. The van der Waals surface area contributed by atoms with Gasteiger partial charge in [-0.3, -0.25) is 0 Å². The molecule has 0 bridgehead atoms.